The lowest BCUT2D eigenvalue weighted by molar-refractivity contribution is -0.145. The molecule has 0 saturated carbocycles. The molecule has 5 nitrogen and oxygen atoms in total. The molecule has 0 radical (unpaired) electrons. The van der Waals surface area contributed by atoms with Crippen molar-refractivity contribution in [2.24, 2.45) is 5.92 Å². The first-order chi connectivity index (χ1) is 12.9. The van der Waals surface area contributed by atoms with Crippen molar-refractivity contribution >= 4 is 29.1 Å². The van der Waals surface area contributed by atoms with Crippen LogP contribution in [0.25, 0.3) is 0 Å². The van der Waals surface area contributed by atoms with Crippen molar-refractivity contribution in [3.8, 4) is 0 Å². The Morgan fingerprint density at radius 3 is 2.19 bits per heavy atom. The van der Waals surface area contributed by atoms with Gasteiger partial charge in [-0.2, -0.15) is 0 Å². The van der Waals surface area contributed by atoms with Crippen molar-refractivity contribution in [3.63, 3.8) is 0 Å². The number of hydrogen-bond acceptors (Lipinski definition) is 4. The van der Waals surface area contributed by atoms with Crippen LogP contribution in [0.15, 0.2) is 48.5 Å². The molecule has 27 heavy (non-hydrogen) atoms. The number of nitrogens with zero attached hydrogens (tertiary/aromatic N) is 2. The van der Waals surface area contributed by atoms with E-state index < -0.39 is 12.0 Å². The van der Waals surface area contributed by atoms with Crippen LogP contribution in [-0.2, 0) is 14.4 Å². The van der Waals surface area contributed by atoms with Crippen molar-refractivity contribution in [1.29, 1.82) is 0 Å². The molecule has 3 atom stereocenters. The number of rotatable bonds is 3. The van der Waals surface area contributed by atoms with Crippen molar-refractivity contribution < 1.29 is 14.4 Å². The highest BCUT2D eigenvalue weighted by molar-refractivity contribution is 6.30. The summed E-state index contributed by atoms with van der Waals surface area (Å²) in [5.74, 6) is -1.02. The van der Waals surface area contributed by atoms with Crippen molar-refractivity contribution in [1.82, 2.24) is 4.90 Å². The summed E-state index contributed by atoms with van der Waals surface area (Å²) in [6.45, 7) is 5.70. The van der Waals surface area contributed by atoms with Crippen LogP contribution in [-0.4, -0.2) is 28.9 Å². The van der Waals surface area contributed by atoms with Crippen LogP contribution in [0, 0.1) is 12.8 Å². The number of carbonyl (C=O) groups is 2. The predicted molar refractivity (Wildman–Crippen MR) is 103 cm³/mol. The van der Waals surface area contributed by atoms with E-state index in [0.717, 1.165) is 16.8 Å². The average molecular weight is 385 g/mol. The van der Waals surface area contributed by atoms with Crippen molar-refractivity contribution in [2.45, 2.75) is 39.0 Å². The summed E-state index contributed by atoms with van der Waals surface area (Å²) in [5, 5.41) is 2.30. The van der Waals surface area contributed by atoms with Crippen LogP contribution in [0.1, 0.15) is 31.0 Å². The van der Waals surface area contributed by atoms with Gasteiger partial charge in [0.25, 0.3) is 5.91 Å². The fourth-order valence-electron chi connectivity index (χ4n) is 3.86. The lowest BCUT2D eigenvalue weighted by atomic mass is 9.90. The van der Waals surface area contributed by atoms with Crippen LogP contribution in [0.4, 0.5) is 5.69 Å². The minimum Gasteiger partial charge on any atom is -0.277 e. The number of likely N-dealkylation sites (tertiary alicyclic amines) is 1. The Hall–Kier alpha value is -2.37. The number of aryl methyl sites for hydroxylation is 1. The highest BCUT2D eigenvalue weighted by atomic mass is 35.5. The first-order valence-corrected chi connectivity index (χ1v) is 9.41. The van der Waals surface area contributed by atoms with E-state index in [2.05, 4.69) is 0 Å². The minimum atomic E-state index is -0.804. The molecule has 0 bridgehead atoms. The van der Waals surface area contributed by atoms with Gasteiger partial charge in [-0.3, -0.25) is 19.3 Å². The van der Waals surface area contributed by atoms with E-state index >= 15 is 0 Å². The summed E-state index contributed by atoms with van der Waals surface area (Å²) in [7, 11) is 0. The second kappa shape index (κ2) is 6.66. The van der Waals surface area contributed by atoms with Crippen LogP contribution in [0.3, 0.4) is 0 Å². The minimum absolute atomic E-state index is 0.179. The monoisotopic (exact) mass is 384 g/mol. The molecule has 2 aliphatic heterocycles. The number of anilines is 1. The van der Waals surface area contributed by atoms with Gasteiger partial charge in [0, 0.05) is 11.1 Å². The second-order valence-electron chi connectivity index (χ2n) is 7.35. The normalized spacial score (nSPS) is 24.9. The van der Waals surface area contributed by atoms with Gasteiger partial charge in [0.05, 0.1) is 11.7 Å². The van der Waals surface area contributed by atoms with Crippen molar-refractivity contribution in [3.05, 3.63) is 64.7 Å². The predicted octanol–water partition coefficient (Wildman–Crippen LogP) is 3.90. The van der Waals surface area contributed by atoms with Crippen LogP contribution in [0.2, 0.25) is 5.02 Å². The third-order valence-corrected chi connectivity index (χ3v) is 5.42. The summed E-state index contributed by atoms with van der Waals surface area (Å²) >= 11 is 6.01. The molecular formula is C21H21ClN2O3. The van der Waals surface area contributed by atoms with E-state index in [9.17, 15) is 9.59 Å². The van der Waals surface area contributed by atoms with Gasteiger partial charge in [-0.05, 0) is 50.6 Å². The zero-order valence-electron chi connectivity index (χ0n) is 15.4. The van der Waals surface area contributed by atoms with Gasteiger partial charge >= 0.3 is 0 Å². The first-order valence-electron chi connectivity index (χ1n) is 9.03. The van der Waals surface area contributed by atoms with Gasteiger partial charge in [0.2, 0.25) is 5.91 Å². The van der Waals surface area contributed by atoms with E-state index in [1.807, 2.05) is 57.2 Å². The maximum atomic E-state index is 13.1. The number of fused-ring (bicyclic) bond motifs is 1. The zero-order valence-corrected chi connectivity index (χ0v) is 16.2. The van der Waals surface area contributed by atoms with E-state index in [4.69, 9.17) is 16.4 Å². The van der Waals surface area contributed by atoms with Gasteiger partial charge < -0.3 is 0 Å². The number of hydrogen-bond donors (Lipinski definition) is 0. The number of amides is 2. The molecule has 6 heteroatoms. The van der Waals surface area contributed by atoms with Gasteiger partial charge in [0.15, 0.2) is 6.10 Å². The molecule has 2 saturated heterocycles. The molecule has 0 unspecified atom stereocenters. The number of halogens is 1. The van der Waals surface area contributed by atoms with E-state index in [0.29, 0.717) is 5.02 Å². The van der Waals surface area contributed by atoms with Gasteiger partial charge in [-0.15, -0.1) is 0 Å². The molecule has 0 aromatic heterocycles. The number of hydroxylamine groups is 1. The molecule has 2 fully saturated rings. The molecule has 140 valence electrons. The van der Waals surface area contributed by atoms with E-state index in [1.165, 1.54) is 4.90 Å². The summed E-state index contributed by atoms with van der Waals surface area (Å²) < 4.78 is 0. The van der Waals surface area contributed by atoms with Gasteiger partial charge in [-0.1, -0.05) is 41.4 Å². The topological polar surface area (TPSA) is 49.9 Å². The molecule has 2 aliphatic rings. The summed E-state index contributed by atoms with van der Waals surface area (Å²) in [6.07, 6.45) is -0.804. The molecule has 4 rings (SSSR count). The number of carbonyl (C=O) groups excluding carboxylic acids is 2. The molecule has 0 aliphatic carbocycles. The molecule has 2 aromatic rings. The maximum absolute atomic E-state index is 13.1. The Kier molecular flexibility index (Phi) is 4.44. The molecule has 0 spiro atoms. The second-order valence-corrected chi connectivity index (χ2v) is 7.79. The number of imide groups is 1. The largest absolute Gasteiger partial charge is 0.277 e. The highest BCUT2D eigenvalue weighted by Crippen LogP contribution is 2.47. The lowest BCUT2D eigenvalue weighted by Gasteiger charge is -2.29. The van der Waals surface area contributed by atoms with E-state index in [-0.39, 0.29) is 23.9 Å². The summed E-state index contributed by atoms with van der Waals surface area (Å²) in [4.78, 5) is 33.3. The molecular weight excluding hydrogens is 364 g/mol. The third kappa shape index (κ3) is 2.91. The Bertz CT molecular complexity index is 879. The average Bonchev–Trinajstić information content (AvgIpc) is 3.13. The summed E-state index contributed by atoms with van der Waals surface area (Å²) in [6, 6.07) is 14.6. The smallest absolute Gasteiger partial charge is 0.262 e. The standard InChI is InChI=1S/C21H21ClN2O3/c1-12(2)23-20(25)17-18(14-6-4-13(3)5-7-14)24(27-19(17)21(23)26)16-10-8-15(22)9-11-16/h4-12,17-19H,1-3H3/t17-,18-,19-/m0/s1. The maximum Gasteiger partial charge on any atom is 0.262 e. The Morgan fingerprint density at radius 2 is 1.59 bits per heavy atom. The molecule has 2 amide bonds. The molecule has 2 heterocycles. The van der Waals surface area contributed by atoms with Gasteiger partial charge in [-0.25, -0.2) is 5.06 Å². The highest BCUT2D eigenvalue weighted by Gasteiger charge is 2.60. The molecule has 2 aromatic carbocycles. The van der Waals surface area contributed by atoms with Crippen LogP contribution >= 0.6 is 11.6 Å². The Labute approximate surface area is 163 Å². The zero-order chi connectivity index (χ0) is 19.3. The molecule has 0 N–H and O–H groups in total. The first kappa shape index (κ1) is 18.0. The van der Waals surface area contributed by atoms with E-state index in [1.54, 1.807) is 17.2 Å². The Balaban J connectivity index is 1.79. The van der Waals surface area contributed by atoms with Crippen molar-refractivity contribution in [2.75, 3.05) is 5.06 Å². The SMILES string of the molecule is Cc1ccc([C@H]2[C@@H]3C(=O)N(C(C)C)C(=O)[C@H]3ON2c2ccc(Cl)cc2)cc1. The fourth-order valence-corrected chi connectivity index (χ4v) is 3.99. The lowest BCUT2D eigenvalue weighted by Crippen LogP contribution is -2.41. The third-order valence-electron chi connectivity index (χ3n) is 5.17. The number of benzene rings is 2. The fraction of sp³-hybridized carbons (Fsp3) is 0.333. The quantitative estimate of drug-likeness (QED) is 0.753. The van der Waals surface area contributed by atoms with Gasteiger partial charge in [0.1, 0.15) is 5.92 Å². The van der Waals surface area contributed by atoms with Crippen LogP contribution < -0.4 is 5.06 Å². The van der Waals surface area contributed by atoms with Crippen LogP contribution in [0.5, 0.6) is 0 Å². The summed E-state index contributed by atoms with van der Waals surface area (Å²) in [5.41, 5.74) is 2.83. The Morgan fingerprint density at radius 1 is 0.963 bits per heavy atom.